The van der Waals surface area contributed by atoms with Crippen molar-refractivity contribution >= 4 is 0 Å². The van der Waals surface area contributed by atoms with Crippen molar-refractivity contribution < 1.29 is 8.91 Å². The Morgan fingerprint density at radius 1 is 1.35 bits per heavy atom. The summed E-state index contributed by atoms with van der Waals surface area (Å²) in [5.74, 6) is 1.13. The summed E-state index contributed by atoms with van der Waals surface area (Å²) in [4.78, 5) is 4.22. The second-order valence-corrected chi connectivity index (χ2v) is 4.22. The number of benzene rings is 1. The Balaban J connectivity index is 1.82. The molecule has 4 nitrogen and oxygen atoms in total. The van der Waals surface area contributed by atoms with Crippen molar-refractivity contribution in [2.24, 2.45) is 5.92 Å². The van der Waals surface area contributed by atoms with Gasteiger partial charge in [-0.15, -0.1) is 0 Å². The third-order valence-electron chi connectivity index (χ3n) is 2.91. The summed E-state index contributed by atoms with van der Waals surface area (Å²) >= 11 is 0. The van der Waals surface area contributed by atoms with Gasteiger partial charge in [-0.2, -0.15) is 4.98 Å². The number of aromatic nitrogens is 2. The van der Waals surface area contributed by atoms with E-state index in [2.05, 4.69) is 15.5 Å². The van der Waals surface area contributed by atoms with Crippen molar-refractivity contribution in [3.05, 3.63) is 35.9 Å². The van der Waals surface area contributed by atoms with Crippen LogP contribution in [0.1, 0.15) is 5.82 Å². The third-order valence-corrected chi connectivity index (χ3v) is 2.91. The van der Waals surface area contributed by atoms with Crippen molar-refractivity contribution in [2.45, 2.75) is 6.42 Å². The summed E-state index contributed by atoms with van der Waals surface area (Å²) in [6.07, 6.45) is 0.783. The van der Waals surface area contributed by atoms with Gasteiger partial charge in [0.1, 0.15) is 5.82 Å². The topological polar surface area (TPSA) is 51.0 Å². The van der Waals surface area contributed by atoms with Crippen molar-refractivity contribution in [3.63, 3.8) is 0 Å². The molecule has 0 saturated carbocycles. The lowest BCUT2D eigenvalue weighted by Gasteiger charge is -2.25. The fourth-order valence-corrected chi connectivity index (χ4v) is 1.83. The summed E-state index contributed by atoms with van der Waals surface area (Å²) in [6.45, 7) is 1.98. The minimum Gasteiger partial charge on any atom is -0.334 e. The van der Waals surface area contributed by atoms with E-state index in [1.165, 1.54) is 6.07 Å². The quantitative estimate of drug-likeness (QED) is 0.875. The molecule has 17 heavy (non-hydrogen) atoms. The Hall–Kier alpha value is -1.75. The number of halogens is 1. The fraction of sp³-hybridized carbons (Fsp3) is 0.333. The summed E-state index contributed by atoms with van der Waals surface area (Å²) in [6, 6.07) is 6.40. The van der Waals surface area contributed by atoms with Crippen LogP contribution in [-0.4, -0.2) is 23.2 Å². The van der Waals surface area contributed by atoms with Crippen LogP contribution in [0.25, 0.3) is 11.5 Å². The molecule has 5 heteroatoms. The third kappa shape index (κ3) is 2.06. The highest BCUT2D eigenvalue weighted by molar-refractivity contribution is 5.53. The van der Waals surface area contributed by atoms with Gasteiger partial charge < -0.3 is 9.84 Å². The summed E-state index contributed by atoms with van der Waals surface area (Å²) in [5.41, 5.74) is 0.359. The average molecular weight is 233 g/mol. The number of nitrogens with one attached hydrogen (secondary N) is 1. The van der Waals surface area contributed by atoms with Crippen LogP contribution in [0.4, 0.5) is 4.39 Å². The molecule has 0 aliphatic carbocycles. The normalized spacial score (nSPS) is 15.8. The second kappa shape index (κ2) is 4.25. The molecule has 0 unspecified atom stereocenters. The van der Waals surface area contributed by atoms with Gasteiger partial charge in [-0.1, -0.05) is 17.3 Å². The van der Waals surface area contributed by atoms with E-state index in [1.54, 1.807) is 18.2 Å². The van der Waals surface area contributed by atoms with Gasteiger partial charge >= 0.3 is 0 Å². The molecule has 0 spiro atoms. The van der Waals surface area contributed by atoms with Crippen molar-refractivity contribution in [3.8, 4) is 11.5 Å². The van der Waals surface area contributed by atoms with Crippen LogP contribution >= 0.6 is 0 Å². The Kier molecular flexibility index (Phi) is 2.60. The first kappa shape index (κ1) is 10.4. The molecular formula is C12H12FN3O. The average Bonchev–Trinajstić information content (AvgIpc) is 2.73. The molecule has 2 heterocycles. The van der Waals surface area contributed by atoms with E-state index in [9.17, 15) is 4.39 Å². The lowest BCUT2D eigenvalue weighted by Crippen LogP contribution is -2.43. The van der Waals surface area contributed by atoms with Crippen LogP contribution in [0.15, 0.2) is 28.8 Å². The van der Waals surface area contributed by atoms with Gasteiger partial charge in [0.05, 0.1) is 5.56 Å². The zero-order valence-electron chi connectivity index (χ0n) is 9.19. The van der Waals surface area contributed by atoms with Gasteiger partial charge in [-0.3, -0.25) is 0 Å². The van der Waals surface area contributed by atoms with E-state index in [0.29, 0.717) is 17.3 Å². The van der Waals surface area contributed by atoms with Crippen LogP contribution in [0.2, 0.25) is 0 Å². The SMILES string of the molecule is Fc1ccccc1-c1nc(CC2CNC2)no1. The molecule has 88 valence electrons. The van der Waals surface area contributed by atoms with Gasteiger partial charge in [0, 0.05) is 6.42 Å². The van der Waals surface area contributed by atoms with Crippen molar-refractivity contribution in [2.75, 3.05) is 13.1 Å². The van der Waals surface area contributed by atoms with E-state index in [-0.39, 0.29) is 11.7 Å². The molecule has 1 saturated heterocycles. The predicted octanol–water partition coefficient (Wildman–Crippen LogP) is 1.64. The molecule has 1 aliphatic heterocycles. The Labute approximate surface area is 97.8 Å². The van der Waals surface area contributed by atoms with Crippen LogP contribution in [0, 0.1) is 11.7 Å². The van der Waals surface area contributed by atoms with Gasteiger partial charge in [0.15, 0.2) is 5.82 Å². The van der Waals surface area contributed by atoms with Gasteiger partial charge in [0.2, 0.25) is 0 Å². The highest BCUT2D eigenvalue weighted by Crippen LogP contribution is 2.21. The predicted molar refractivity (Wildman–Crippen MR) is 59.8 cm³/mol. The van der Waals surface area contributed by atoms with Crippen LogP contribution < -0.4 is 5.32 Å². The van der Waals surface area contributed by atoms with Crippen molar-refractivity contribution in [1.82, 2.24) is 15.5 Å². The number of rotatable bonds is 3. The van der Waals surface area contributed by atoms with Crippen LogP contribution in [-0.2, 0) is 6.42 Å². The summed E-state index contributed by atoms with van der Waals surface area (Å²) in [5, 5.41) is 7.06. The molecule has 0 amide bonds. The van der Waals surface area contributed by atoms with Gasteiger partial charge in [-0.05, 0) is 31.1 Å². The molecular weight excluding hydrogens is 221 g/mol. The number of hydrogen-bond donors (Lipinski definition) is 1. The first-order valence-electron chi connectivity index (χ1n) is 5.61. The molecule has 0 atom stereocenters. The maximum absolute atomic E-state index is 13.5. The van der Waals surface area contributed by atoms with E-state index < -0.39 is 0 Å². The van der Waals surface area contributed by atoms with Crippen LogP contribution in [0.3, 0.4) is 0 Å². The minimum absolute atomic E-state index is 0.255. The molecule has 0 radical (unpaired) electrons. The van der Waals surface area contributed by atoms with E-state index in [0.717, 1.165) is 19.5 Å². The van der Waals surface area contributed by atoms with E-state index in [1.807, 2.05) is 0 Å². The standard InChI is InChI=1S/C12H12FN3O/c13-10-4-2-1-3-9(10)12-15-11(16-17-12)5-8-6-14-7-8/h1-4,8,14H,5-7H2. The molecule has 1 aliphatic rings. The summed E-state index contributed by atoms with van der Waals surface area (Å²) < 4.78 is 18.6. The van der Waals surface area contributed by atoms with E-state index >= 15 is 0 Å². The zero-order chi connectivity index (χ0) is 11.7. The number of nitrogens with zero attached hydrogens (tertiary/aromatic N) is 2. The largest absolute Gasteiger partial charge is 0.334 e. The monoisotopic (exact) mass is 233 g/mol. The Bertz CT molecular complexity index is 522. The van der Waals surface area contributed by atoms with Gasteiger partial charge in [-0.25, -0.2) is 4.39 Å². The Morgan fingerprint density at radius 2 is 2.18 bits per heavy atom. The smallest absolute Gasteiger partial charge is 0.260 e. The summed E-state index contributed by atoms with van der Waals surface area (Å²) in [7, 11) is 0. The maximum atomic E-state index is 13.5. The molecule has 3 rings (SSSR count). The van der Waals surface area contributed by atoms with Crippen LogP contribution in [0.5, 0.6) is 0 Å². The van der Waals surface area contributed by atoms with E-state index in [4.69, 9.17) is 4.52 Å². The molecule has 1 fully saturated rings. The maximum Gasteiger partial charge on any atom is 0.260 e. The first-order valence-corrected chi connectivity index (χ1v) is 5.61. The highest BCUT2D eigenvalue weighted by atomic mass is 19.1. The molecule has 2 aromatic rings. The first-order chi connectivity index (χ1) is 8.33. The minimum atomic E-state index is -0.340. The molecule has 1 N–H and O–H groups in total. The lowest BCUT2D eigenvalue weighted by molar-refractivity contribution is 0.333. The molecule has 0 bridgehead atoms. The highest BCUT2D eigenvalue weighted by Gasteiger charge is 2.20. The second-order valence-electron chi connectivity index (χ2n) is 4.22. The van der Waals surface area contributed by atoms with Crippen molar-refractivity contribution in [1.29, 1.82) is 0 Å². The molecule has 1 aromatic heterocycles. The molecule has 1 aromatic carbocycles. The zero-order valence-corrected chi connectivity index (χ0v) is 9.19. The van der Waals surface area contributed by atoms with Gasteiger partial charge in [0.25, 0.3) is 5.89 Å². The number of hydrogen-bond acceptors (Lipinski definition) is 4. The fourth-order valence-electron chi connectivity index (χ4n) is 1.83. The lowest BCUT2D eigenvalue weighted by atomic mass is 9.99. The Morgan fingerprint density at radius 3 is 2.88 bits per heavy atom.